The molecular formula is C12H17NO. The summed E-state index contributed by atoms with van der Waals surface area (Å²) in [5.41, 5.74) is 2.67. The van der Waals surface area contributed by atoms with Gasteiger partial charge in [-0.05, 0) is 38.1 Å². The van der Waals surface area contributed by atoms with E-state index < -0.39 is 0 Å². The first-order chi connectivity index (χ1) is 6.70. The van der Waals surface area contributed by atoms with E-state index in [9.17, 15) is 5.11 Å². The van der Waals surface area contributed by atoms with Crippen LogP contribution in [0.25, 0.3) is 0 Å². The monoisotopic (exact) mass is 191 g/mol. The lowest BCUT2D eigenvalue weighted by Gasteiger charge is -2.34. The molecule has 0 radical (unpaired) electrons. The van der Waals surface area contributed by atoms with Crippen molar-refractivity contribution in [2.24, 2.45) is 0 Å². The van der Waals surface area contributed by atoms with E-state index in [0.717, 1.165) is 12.8 Å². The van der Waals surface area contributed by atoms with Crippen LogP contribution in [-0.2, 0) is 6.42 Å². The van der Waals surface area contributed by atoms with Gasteiger partial charge in [-0.3, -0.25) is 0 Å². The summed E-state index contributed by atoms with van der Waals surface area (Å²) in [6.45, 7) is 0. The maximum atomic E-state index is 9.94. The average Bonchev–Trinajstić information content (AvgIpc) is 2.17. The van der Waals surface area contributed by atoms with Gasteiger partial charge in [0, 0.05) is 0 Å². The van der Waals surface area contributed by atoms with Crippen LogP contribution in [0.15, 0.2) is 24.3 Å². The van der Waals surface area contributed by atoms with E-state index >= 15 is 0 Å². The van der Waals surface area contributed by atoms with Crippen molar-refractivity contribution in [2.45, 2.75) is 25.0 Å². The maximum Gasteiger partial charge on any atom is 0.0740 e. The minimum atomic E-state index is -0.222. The van der Waals surface area contributed by atoms with Crippen LogP contribution in [-0.4, -0.2) is 30.2 Å². The Morgan fingerprint density at radius 2 is 2.00 bits per heavy atom. The van der Waals surface area contributed by atoms with Crippen LogP contribution in [0.1, 0.15) is 23.6 Å². The molecule has 1 N–H and O–H groups in total. The van der Waals surface area contributed by atoms with Crippen LogP contribution in [0.3, 0.4) is 0 Å². The van der Waals surface area contributed by atoms with Crippen molar-refractivity contribution < 1.29 is 5.11 Å². The molecule has 1 aliphatic rings. The highest BCUT2D eigenvalue weighted by molar-refractivity contribution is 5.33. The highest BCUT2D eigenvalue weighted by atomic mass is 16.3. The fourth-order valence-electron chi connectivity index (χ4n) is 2.34. The minimum absolute atomic E-state index is 0.167. The molecule has 0 spiro atoms. The summed E-state index contributed by atoms with van der Waals surface area (Å²) >= 11 is 0. The molecule has 2 rings (SSSR count). The lowest BCUT2D eigenvalue weighted by molar-refractivity contribution is 0.0614. The Labute approximate surface area is 85.2 Å². The van der Waals surface area contributed by atoms with Gasteiger partial charge in [-0.15, -0.1) is 0 Å². The standard InChI is InChI=1S/C12H17NO/c1-13(2)12-10-6-4-3-5-9(10)7-8-11(12)14/h3-6,11-12,14H,7-8H2,1-2H3. The molecule has 0 fully saturated rings. The van der Waals surface area contributed by atoms with Crippen molar-refractivity contribution in [1.29, 1.82) is 0 Å². The number of nitrogens with zero attached hydrogens (tertiary/aromatic N) is 1. The van der Waals surface area contributed by atoms with Crippen LogP contribution < -0.4 is 0 Å². The molecule has 0 saturated heterocycles. The van der Waals surface area contributed by atoms with E-state index in [1.807, 2.05) is 20.2 Å². The Hall–Kier alpha value is -0.860. The summed E-state index contributed by atoms with van der Waals surface area (Å²) in [6, 6.07) is 8.58. The quantitative estimate of drug-likeness (QED) is 0.728. The Bertz CT molecular complexity index is 322. The largest absolute Gasteiger partial charge is 0.391 e. The fourth-order valence-corrected chi connectivity index (χ4v) is 2.34. The Kier molecular flexibility index (Phi) is 2.57. The van der Waals surface area contributed by atoms with Crippen molar-refractivity contribution in [3.05, 3.63) is 35.4 Å². The zero-order valence-electron chi connectivity index (χ0n) is 8.77. The van der Waals surface area contributed by atoms with E-state index in [2.05, 4.69) is 23.1 Å². The van der Waals surface area contributed by atoms with Gasteiger partial charge in [0.05, 0.1) is 12.1 Å². The number of likely N-dealkylation sites (N-methyl/N-ethyl adjacent to an activating group) is 1. The highest BCUT2D eigenvalue weighted by Crippen LogP contribution is 2.32. The second-order valence-electron chi connectivity index (χ2n) is 4.21. The van der Waals surface area contributed by atoms with E-state index in [4.69, 9.17) is 0 Å². The zero-order valence-corrected chi connectivity index (χ0v) is 8.77. The van der Waals surface area contributed by atoms with Gasteiger partial charge < -0.3 is 10.0 Å². The van der Waals surface area contributed by atoms with E-state index in [-0.39, 0.29) is 12.1 Å². The second-order valence-corrected chi connectivity index (χ2v) is 4.21. The smallest absolute Gasteiger partial charge is 0.0740 e. The fraction of sp³-hybridized carbons (Fsp3) is 0.500. The third-order valence-corrected chi connectivity index (χ3v) is 3.00. The van der Waals surface area contributed by atoms with Crippen LogP contribution in [0.4, 0.5) is 0 Å². The molecule has 1 aromatic rings. The lowest BCUT2D eigenvalue weighted by atomic mass is 9.85. The van der Waals surface area contributed by atoms with Crippen LogP contribution in [0, 0.1) is 0 Å². The van der Waals surface area contributed by atoms with E-state index in [1.54, 1.807) is 0 Å². The third kappa shape index (κ3) is 1.56. The predicted molar refractivity (Wildman–Crippen MR) is 57.2 cm³/mol. The van der Waals surface area contributed by atoms with E-state index in [1.165, 1.54) is 11.1 Å². The van der Waals surface area contributed by atoms with Crippen molar-refractivity contribution in [3.8, 4) is 0 Å². The Morgan fingerprint density at radius 1 is 1.29 bits per heavy atom. The summed E-state index contributed by atoms with van der Waals surface area (Å²) in [4.78, 5) is 2.10. The number of aryl methyl sites for hydroxylation is 1. The topological polar surface area (TPSA) is 23.5 Å². The number of fused-ring (bicyclic) bond motifs is 1. The molecule has 0 saturated carbocycles. The first-order valence-corrected chi connectivity index (χ1v) is 5.12. The van der Waals surface area contributed by atoms with Crippen molar-refractivity contribution in [2.75, 3.05) is 14.1 Å². The zero-order chi connectivity index (χ0) is 10.1. The van der Waals surface area contributed by atoms with Crippen LogP contribution >= 0.6 is 0 Å². The average molecular weight is 191 g/mol. The van der Waals surface area contributed by atoms with Gasteiger partial charge in [-0.1, -0.05) is 24.3 Å². The first kappa shape index (κ1) is 9.69. The Balaban J connectivity index is 2.41. The predicted octanol–water partition coefficient (Wildman–Crippen LogP) is 1.60. The summed E-state index contributed by atoms with van der Waals surface area (Å²) in [7, 11) is 4.05. The number of aliphatic hydroxyl groups is 1. The number of rotatable bonds is 1. The SMILES string of the molecule is CN(C)C1c2ccccc2CCC1O. The molecule has 2 unspecified atom stereocenters. The van der Waals surface area contributed by atoms with Crippen molar-refractivity contribution in [3.63, 3.8) is 0 Å². The molecule has 1 aromatic carbocycles. The van der Waals surface area contributed by atoms with E-state index in [0.29, 0.717) is 0 Å². The van der Waals surface area contributed by atoms with Crippen molar-refractivity contribution in [1.82, 2.24) is 4.90 Å². The van der Waals surface area contributed by atoms with Crippen LogP contribution in [0.2, 0.25) is 0 Å². The van der Waals surface area contributed by atoms with Gasteiger partial charge in [-0.25, -0.2) is 0 Å². The minimum Gasteiger partial charge on any atom is -0.391 e. The first-order valence-electron chi connectivity index (χ1n) is 5.12. The summed E-state index contributed by atoms with van der Waals surface area (Å²) in [6.07, 6.45) is 1.65. The number of aliphatic hydroxyl groups excluding tert-OH is 1. The molecule has 0 bridgehead atoms. The lowest BCUT2D eigenvalue weighted by Crippen LogP contribution is -2.35. The van der Waals surface area contributed by atoms with Gasteiger partial charge in [-0.2, -0.15) is 0 Å². The second kappa shape index (κ2) is 3.71. The molecule has 0 aromatic heterocycles. The number of hydrogen-bond acceptors (Lipinski definition) is 2. The molecule has 0 heterocycles. The number of benzene rings is 1. The molecule has 0 aliphatic heterocycles. The molecule has 1 aliphatic carbocycles. The third-order valence-electron chi connectivity index (χ3n) is 3.00. The molecule has 0 amide bonds. The molecule has 14 heavy (non-hydrogen) atoms. The van der Waals surface area contributed by atoms with Crippen LogP contribution in [0.5, 0.6) is 0 Å². The molecule has 2 heteroatoms. The summed E-state index contributed by atoms with van der Waals surface area (Å²) in [5, 5.41) is 9.94. The summed E-state index contributed by atoms with van der Waals surface area (Å²) < 4.78 is 0. The van der Waals surface area contributed by atoms with Gasteiger partial charge in [0.15, 0.2) is 0 Å². The highest BCUT2D eigenvalue weighted by Gasteiger charge is 2.28. The summed E-state index contributed by atoms with van der Waals surface area (Å²) in [5.74, 6) is 0. The van der Waals surface area contributed by atoms with Gasteiger partial charge in [0.25, 0.3) is 0 Å². The normalized spacial score (nSPS) is 26.3. The molecule has 2 atom stereocenters. The molecule has 76 valence electrons. The van der Waals surface area contributed by atoms with Gasteiger partial charge in [0.1, 0.15) is 0 Å². The molecular weight excluding hydrogens is 174 g/mol. The number of hydrogen-bond donors (Lipinski definition) is 1. The van der Waals surface area contributed by atoms with Gasteiger partial charge >= 0.3 is 0 Å². The Morgan fingerprint density at radius 3 is 2.71 bits per heavy atom. The molecule has 2 nitrogen and oxygen atoms in total. The van der Waals surface area contributed by atoms with Crippen molar-refractivity contribution >= 4 is 0 Å². The maximum absolute atomic E-state index is 9.94. The van der Waals surface area contributed by atoms with Gasteiger partial charge in [0.2, 0.25) is 0 Å².